The number of hydrogen-bond acceptors (Lipinski definition) is 10. The Labute approximate surface area is 474 Å². The second-order valence-corrected chi connectivity index (χ2v) is 21.9. The average Bonchev–Trinajstić information content (AvgIpc) is 4.14. The number of ether oxygens (including phenoxy) is 1. The molecule has 1 aliphatic rings. The minimum Gasteiger partial charge on any atom is -0.508 e. The van der Waals surface area contributed by atoms with E-state index in [-0.39, 0.29) is 53.1 Å². The van der Waals surface area contributed by atoms with Gasteiger partial charge in [-0.2, -0.15) is 0 Å². The molecule has 5 N–H and O–H groups in total. The summed E-state index contributed by atoms with van der Waals surface area (Å²) in [5.74, 6) is -3.53. The minimum absolute atomic E-state index is 0.0153. The zero-order chi connectivity index (χ0) is 58.2. The molecular formula is C62H56Cl3N3O12. The molecule has 6 aromatic carbocycles. The van der Waals surface area contributed by atoms with Crippen molar-refractivity contribution in [1.82, 2.24) is 13.7 Å². The number of carboxylic acids is 2. The Hall–Kier alpha value is -8.37. The number of nitrogens with zero attached hydrogens (tertiary/aromatic N) is 3. The van der Waals surface area contributed by atoms with Crippen molar-refractivity contribution in [3.8, 4) is 23.0 Å². The molecule has 0 aliphatic heterocycles. The summed E-state index contributed by atoms with van der Waals surface area (Å²) in [6, 6.07) is 32.4. The number of benzene rings is 6. The molecule has 3 heterocycles. The molecule has 0 saturated heterocycles. The van der Waals surface area contributed by atoms with E-state index >= 15 is 0 Å². The lowest BCUT2D eigenvalue weighted by Gasteiger charge is -2.31. The van der Waals surface area contributed by atoms with Gasteiger partial charge in [-0.05, 0) is 159 Å². The monoisotopic (exact) mass is 1140 g/mol. The average molecular weight is 1140 g/mol. The van der Waals surface area contributed by atoms with Crippen LogP contribution in [0.3, 0.4) is 0 Å². The molecule has 0 spiro atoms. The molecule has 0 bridgehead atoms. The standard InChI is InChI=1S/C22H20ClNO4.C22H22ClNO4.C18H14ClNO4/c1-12-19(20(22(27)28)13-4-2-5-13)17-11-16(25)8-9-18(17)24(12)21(26)14-6-3-7-15(23)10-14;1-12-20(28-13(2)25)18-16(9-10-17(26)19(18)22(3,4)5)24(12)21(27)14-7-6-8-15(23)11-14;1-10-14(9-17(22)23)15-8-13(21)5-6-16(15)20(10)18(24)11-3-2-4-12(19)7-11/h3,6-11,13,20,25H,2,4-5H2,1H3,(H,27,28);6-11,26H,1-5H3;2-8,21H,9H2,1H3,(H,22,23). The molecule has 412 valence electrons. The Morgan fingerprint density at radius 2 is 1.05 bits per heavy atom. The first-order chi connectivity index (χ1) is 37.8. The van der Waals surface area contributed by atoms with Gasteiger partial charge in [-0.3, -0.25) is 42.5 Å². The van der Waals surface area contributed by atoms with Crippen LogP contribution in [0.4, 0.5) is 0 Å². The van der Waals surface area contributed by atoms with Crippen molar-refractivity contribution in [2.75, 3.05) is 0 Å². The lowest BCUT2D eigenvalue weighted by molar-refractivity contribution is -0.141. The van der Waals surface area contributed by atoms with Gasteiger partial charge >= 0.3 is 17.9 Å². The van der Waals surface area contributed by atoms with E-state index < -0.39 is 29.2 Å². The van der Waals surface area contributed by atoms with Crippen LogP contribution in [0, 0.1) is 26.7 Å². The summed E-state index contributed by atoms with van der Waals surface area (Å²) in [5, 5.41) is 52.4. The zero-order valence-electron chi connectivity index (χ0n) is 44.6. The van der Waals surface area contributed by atoms with Gasteiger partial charge in [0.05, 0.1) is 40.0 Å². The van der Waals surface area contributed by atoms with E-state index in [1.807, 2.05) is 20.8 Å². The van der Waals surface area contributed by atoms with Crippen LogP contribution in [-0.4, -0.2) is 74.9 Å². The van der Waals surface area contributed by atoms with Crippen molar-refractivity contribution in [3.05, 3.63) is 187 Å². The predicted molar refractivity (Wildman–Crippen MR) is 308 cm³/mol. The summed E-state index contributed by atoms with van der Waals surface area (Å²) in [6.07, 6.45) is 2.48. The highest BCUT2D eigenvalue weighted by Gasteiger charge is 2.38. The number of aliphatic carboxylic acids is 2. The van der Waals surface area contributed by atoms with Gasteiger partial charge in [-0.25, -0.2) is 0 Å². The van der Waals surface area contributed by atoms with E-state index in [9.17, 15) is 49.2 Å². The van der Waals surface area contributed by atoms with Crippen molar-refractivity contribution in [2.24, 2.45) is 5.92 Å². The fourth-order valence-corrected chi connectivity index (χ4v) is 11.1. The second kappa shape index (κ2) is 23.1. The van der Waals surface area contributed by atoms with Crippen LogP contribution < -0.4 is 4.74 Å². The third kappa shape index (κ3) is 11.5. The number of phenolic OH excluding ortho intramolecular Hbond substituents is 3. The second-order valence-electron chi connectivity index (χ2n) is 20.6. The Bertz CT molecular complexity index is 3990. The van der Waals surface area contributed by atoms with Crippen LogP contribution in [0.2, 0.25) is 15.1 Å². The Kier molecular flexibility index (Phi) is 16.7. The molecule has 10 rings (SSSR count). The SMILES string of the molecule is CC(=O)Oc1c(C)n(C(=O)c2cccc(Cl)c2)c2ccc(O)c(C(C)(C)C)c12.Cc1c(C(C(=O)O)C2CCC2)c2cc(O)ccc2n1C(=O)c1cccc(Cl)c1.Cc1c(CC(=O)O)c2cc(O)ccc2n1C(=O)c1cccc(Cl)c1. The summed E-state index contributed by atoms with van der Waals surface area (Å²) in [6.45, 7) is 12.3. The fraction of sp³-hybridized carbons (Fsp3) is 0.226. The lowest BCUT2D eigenvalue weighted by Crippen LogP contribution is -2.27. The van der Waals surface area contributed by atoms with E-state index in [0.717, 1.165) is 19.3 Å². The van der Waals surface area contributed by atoms with Gasteiger partial charge in [-0.15, -0.1) is 0 Å². The summed E-state index contributed by atoms with van der Waals surface area (Å²) in [5.41, 5.74) is 5.79. The van der Waals surface area contributed by atoms with Gasteiger partial charge in [0.1, 0.15) is 17.2 Å². The first-order valence-corrected chi connectivity index (χ1v) is 26.5. The molecule has 1 atom stereocenters. The highest BCUT2D eigenvalue weighted by molar-refractivity contribution is 6.31. The normalized spacial score (nSPS) is 12.7. The quantitative estimate of drug-likeness (QED) is 0.0851. The molecule has 0 amide bonds. The van der Waals surface area contributed by atoms with E-state index in [2.05, 4.69) is 0 Å². The number of fused-ring (bicyclic) bond motifs is 3. The number of esters is 1. The maximum absolute atomic E-state index is 13.3. The smallest absolute Gasteiger partial charge is 0.311 e. The van der Waals surface area contributed by atoms with Crippen LogP contribution in [0.15, 0.2) is 121 Å². The number of halogens is 3. The highest BCUT2D eigenvalue weighted by Crippen LogP contribution is 2.46. The van der Waals surface area contributed by atoms with Crippen LogP contribution in [-0.2, 0) is 26.2 Å². The molecule has 0 radical (unpaired) electrons. The molecule has 1 aliphatic carbocycles. The number of rotatable bonds is 9. The summed E-state index contributed by atoms with van der Waals surface area (Å²) < 4.78 is 9.97. The van der Waals surface area contributed by atoms with Gasteiger partial charge in [0, 0.05) is 66.4 Å². The Morgan fingerprint density at radius 3 is 1.48 bits per heavy atom. The number of carbonyl (C=O) groups is 6. The van der Waals surface area contributed by atoms with Crippen LogP contribution in [0.5, 0.6) is 23.0 Å². The summed E-state index contributed by atoms with van der Waals surface area (Å²) >= 11 is 18.1. The van der Waals surface area contributed by atoms with Crippen molar-refractivity contribution in [3.63, 3.8) is 0 Å². The Balaban J connectivity index is 0.000000158. The van der Waals surface area contributed by atoms with Crippen molar-refractivity contribution in [2.45, 2.75) is 85.5 Å². The van der Waals surface area contributed by atoms with E-state index in [4.69, 9.17) is 44.6 Å². The minimum atomic E-state index is -1.00. The van der Waals surface area contributed by atoms with Crippen molar-refractivity contribution in [1.29, 1.82) is 0 Å². The third-order valence-electron chi connectivity index (χ3n) is 14.2. The van der Waals surface area contributed by atoms with E-state index in [1.54, 1.807) is 124 Å². The molecule has 9 aromatic rings. The number of hydrogen-bond donors (Lipinski definition) is 5. The van der Waals surface area contributed by atoms with E-state index in [0.29, 0.717) is 98.2 Å². The molecule has 1 saturated carbocycles. The largest absolute Gasteiger partial charge is 0.508 e. The van der Waals surface area contributed by atoms with Gasteiger partial charge < -0.3 is 30.3 Å². The van der Waals surface area contributed by atoms with Gasteiger partial charge in [0.25, 0.3) is 17.7 Å². The number of carboxylic acid groups (broad SMARTS) is 2. The Morgan fingerprint density at radius 1 is 0.600 bits per heavy atom. The third-order valence-corrected chi connectivity index (χ3v) is 14.9. The van der Waals surface area contributed by atoms with Gasteiger partial charge in [0.15, 0.2) is 5.75 Å². The fourth-order valence-electron chi connectivity index (χ4n) is 10.5. The highest BCUT2D eigenvalue weighted by atomic mass is 35.5. The number of phenols is 3. The van der Waals surface area contributed by atoms with Crippen LogP contribution in [0.1, 0.15) is 118 Å². The maximum Gasteiger partial charge on any atom is 0.311 e. The molecule has 1 unspecified atom stereocenters. The van der Waals surface area contributed by atoms with E-state index in [1.165, 1.54) is 38.8 Å². The number of carbonyl (C=O) groups excluding carboxylic acids is 4. The van der Waals surface area contributed by atoms with Gasteiger partial charge in [0.2, 0.25) is 0 Å². The lowest BCUT2D eigenvalue weighted by atomic mass is 9.72. The molecular weight excluding hydrogens is 1090 g/mol. The molecule has 3 aromatic heterocycles. The molecule has 15 nitrogen and oxygen atoms in total. The maximum atomic E-state index is 13.3. The predicted octanol–water partition coefficient (Wildman–Crippen LogP) is 13.8. The topological polar surface area (TPSA) is 228 Å². The summed E-state index contributed by atoms with van der Waals surface area (Å²) in [4.78, 5) is 74.5. The first-order valence-electron chi connectivity index (χ1n) is 25.4. The molecule has 80 heavy (non-hydrogen) atoms. The van der Waals surface area contributed by atoms with Crippen LogP contribution >= 0.6 is 34.8 Å². The van der Waals surface area contributed by atoms with Gasteiger partial charge in [-0.1, -0.05) is 80.2 Å². The first kappa shape index (κ1) is 57.8. The summed E-state index contributed by atoms with van der Waals surface area (Å²) in [7, 11) is 0. The molecule has 1 fully saturated rings. The van der Waals surface area contributed by atoms with Crippen molar-refractivity contribution >= 4 is 103 Å². The number of aromatic hydroxyl groups is 3. The van der Waals surface area contributed by atoms with Crippen molar-refractivity contribution < 1.29 is 59.0 Å². The zero-order valence-corrected chi connectivity index (χ0v) is 46.9. The number of aromatic nitrogens is 3. The molecule has 18 heteroatoms. The van der Waals surface area contributed by atoms with Crippen LogP contribution in [0.25, 0.3) is 32.7 Å².